The molecule has 0 aliphatic rings. The molecule has 356 valence electrons. The van der Waals surface area contributed by atoms with Crippen LogP contribution < -0.4 is 4.89 Å². The highest BCUT2D eigenvalue weighted by Crippen LogP contribution is 2.38. The van der Waals surface area contributed by atoms with Crippen molar-refractivity contribution in [3.05, 3.63) is 48.6 Å². The Morgan fingerprint density at radius 1 is 0.590 bits per heavy atom. The number of allylic oxidation sites excluding steroid dienone is 7. The first-order valence-corrected chi connectivity index (χ1v) is 25.9. The van der Waals surface area contributed by atoms with Crippen molar-refractivity contribution >= 4 is 19.8 Å². The van der Waals surface area contributed by atoms with E-state index in [1.165, 1.54) is 96.3 Å². The van der Waals surface area contributed by atoms with E-state index >= 15 is 0 Å². The molecule has 0 amide bonds. The highest BCUT2D eigenvalue weighted by atomic mass is 31.2. The number of rotatable bonds is 44. The number of quaternary nitrogens is 1. The lowest BCUT2D eigenvalue weighted by molar-refractivity contribution is -0.870. The number of unbranched alkanes of at least 4 members (excludes halogenated alkanes) is 19. The van der Waals surface area contributed by atoms with E-state index in [0.29, 0.717) is 36.7 Å². The summed E-state index contributed by atoms with van der Waals surface area (Å²) in [5.74, 6) is -0.915. The number of likely N-dealkylation sites (N-methyl/N-ethyl adjacent to an activating group) is 1. The number of phosphoric ester groups is 1. The average molecular weight is 882 g/mol. The first-order chi connectivity index (χ1) is 29.4. The lowest BCUT2D eigenvalue weighted by Gasteiger charge is -2.28. The maximum Gasteiger partial charge on any atom is 0.306 e. The van der Waals surface area contributed by atoms with E-state index in [2.05, 4.69) is 50.3 Å². The van der Waals surface area contributed by atoms with Crippen molar-refractivity contribution in [2.75, 3.05) is 47.5 Å². The van der Waals surface area contributed by atoms with Gasteiger partial charge in [0, 0.05) is 12.8 Å². The second kappa shape index (κ2) is 41.9. The predicted octanol–water partition coefficient (Wildman–Crippen LogP) is 12.6. The van der Waals surface area contributed by atoms with Crippen LogP contribution in [-0.4, -0.2) is 81.2 Å². The van der Waals surface area contributed by atoms with Crippen molar-refractivity contribution in [3.63, 3.8) is 0 Å². The molecule has 0 aromatic rings. The van der Waals surface area contributed by atoms with E-state index in [-0.39, 0.29) is 32.2 Å². The molecular formula is C50H92NO9P. The molecule has 0 saturated carbocycles. The SMILES string of the molecule is CCCCCCCCCCCCCCCCCCCCCC(=O)O[C@H](COC(=O)CCC/C=C\C/C=C\C/C=C\C/C=C\CC(O)CCC)COP(=O)([O-])OCC[N+](C)(C)C. The van der Waals surface area contributed by atoms with Gasteiger partial charge >= 0.3 is 11.9 Å². The van der Waals surface area contributed by atoms with Crippen LogP contribution in [0.25, 0.3) is 0 Å². The first-order valence-electron chi connectivity index (χ1n) is 24.4. The Morgan fingerprint density at radius 3 is 1.54 bits per heavy atom. The summed E-state index contributed by atoms with van der Waals surface area (Å²) in [6, 6.07) is 0. The minimum Gasteiger partial charge on any atom is -0.756 e. The van der Waals surface area contributed by atoms with Gasteiger partial charge in [-0.1, -0.05) is 184 Å². The van der Waals surface area contributed by atoms with Crippen molar-refractivity contribution in [2.24, 2.45) is 0 Å². The molecule has 0 heterocycles. The van der Waals surface area contributed by atoms with Gasteiger partial charge in [-0.2, -0.15) is 0 Å². The van der Waals surface area contributed by atoms with Crippen LogP contribution in [0.15, 0.2) is 48.6 Å². The fourth-order valence-corrected chi connectivity index (χ4v) is 7.33. The summed E-state index contributed by atoms with van der Waals surface area (Å²) in [7, 11) is 1.12. The number of ether oxygens (including phenoxy) is 2. The maximum absolute atomic E-state index is 12.7. The zero-order valence-corrected chi connectivity index (χ0v) is 40.6. The van der Waals surface area contributed by atoms with Gasteiger partial charge in [0.25, 0.3) is 7.82 Å². The van der Waals surface area contributed by atoms with Crippen molar-refractivity contribution < 1.29 is 47.2 Å². The van der Waals surface area contributed by atoms with Crippen LogP contribution in [0.3, 0.4) is 0 Å². The summed E-state index contributed by atoms with van der Waals surface area (Å²) in [5, 5.41) is 9.74. The Labute approximate surface area is 374 Å². The predicted molar refractivity (Wildman–Crippen MR) is 251 cm³/mol. The number of nitrogens with zero attached hydrogens (tertiary/aromatic N) is 1. The Morgan fingerprint density at radius 2 is 1.05 bits per heavy atom. The number of carbonyl (C=O) groups excluding carboxylic acids is 2. The Kier molecular flexibility index (Phi) is 40.5. The van der Waals surface area contributed by atoms with Crippen molar-refractivity contribution in [1.29, 1.82) is 0 Å². The largest absolute Gasteiger partial charge is 0.756 e. The molecule has 0 radical (unpaired) electrons. The van der Waals surface area contributed by atoms with Gasteiger partial charge in [-0.3, -0.25) is 14.2 Å². The highest BCUT2D eigenvalue weighted by molar-refractivity contribution is 7.45. The smallest absolute Gasteiger partial charge is 0.306 e. The molecule has 0 fully saturated rings. The molecule has 0 aliphatic carbocycles. The van der Waals surface area contributed by atoms with Crippen LogP contribution in [0.5, 0.6) is 0 Å². The zero-order chi connectivity index (χ0) is 45.1. The molecule has 3 atom stereocenters. The van der Waals surface area contributed by atoms with E-state index in [4.69, 9.17) is 18.5 Å². The molecule has 0 aromatic carbocycles. The van der Waals surface area contributed by atoms with Crippen LogP contribution >= 0.6 is 7.82 Å². The molecule has 10 nitrogen and oxygen atoms in total. The normalized spacial score (nSPS) is 14.4. The van der Waals surface area contributed by atoms with E-state index in [1.807, 2.05) is 33.3 Å². The summed E-state index contributed by atoms with van der Waals surface area (Å²) < 4.78 is 33.9. The number of aliphatic hydroxyl groups excluding tert-OH is 1. The van der Waals surface area contributed by atoms with E-state index in [9.17, 15) is 24.2 Å². The van der Waals surface area contributed by atoms with Crippen LogP contribution in [-0.2, 0) is 32.7 Å². The van der Waals surface area contributed by atoms with Gasteiger partial charge in [0.2, 0.25) is 0 Å². The molecule has 61 heavy (non-hydrogen) atoms. The fourth-order valence-electron chi connectivity index (χ4n) is 6.60. The molecule has 0 bridgehead atoms. The minimum atomic E-state index is -4.65. The number of hydrogen-bond acceptors (Lipinski definition) is 9. The Hall–Kier alpha value is -2.07. The average Bonchev–Trinajstić information content (AvgIpc) is 3.20. The molecule has 0 aliphatic heterocycles. The third kappa shape index (κ3) is 45.8. The van der Waals surface area contributed by atoms with E-state index < -0.39 is 32.5 Å². The van der Waals surface area contributed by atoms with Gasteiger partial charge < -0.3 is 33.0 Å². The lowest BCUT2D eigenvalue weighted by atomic mass is 10.0. The van der Waals surface area contributed by atoms with E-state index in [1.54, 1.807) is 0 Å². The standard InChI is InChI=1S/C50H92NO9P/c1-6-8-9-10-11-12-13-14-15-16-17-18-19-22-26-29-32-35-38-42-50(54)60-48(46-59-61(55,56)58-44-43-51(3,4)5)45-57-49(53)41-37-34-31-28-25-23-20-21-24-27-30-33-36-40-47(52)39-7-2/h20,23-24,27-28,31,33,36,47-48,52H,6-19,21-22,25-26,29-30,32,34-35,37-46H2,1-5H3/b23-20-,27-24-,31-28-,36-33-/t47?,48-/m1/s1. The van der Waals surface area contributed by atoms with Gasteiger partial charge in [0.1, 0.15) is 19.8 Å². The van der Waals surface area contributed by atoms with E-state index in [0.717, 1.165) is 51.4 Å². The summed E-state index contributed by atoms with van der Waals surface area (Å²) in [6.45, 7) is 3.97. The summed E-state index contributed by atoms with van der Waals surface area (Å²) in [4.78, 5) is 37.6. The van der Waals surface area contributed by atoms with Crippen LogP contribution in [0.1, 0.15) is 200 Å². The monoisotopic (exact) mass is 882 g/mol. The number of phosphoric acid groups is 1. The minimum absolute atomic E-state index is 0.0455. The molecule has 0 aromatic heterocycles. The van der Waals surface area contributed by atoms with Crippen molar-refractivity contribution in [3.8, 4) is 0 Å². The van der Waals surface area contributed by atoms with Gasteiger partial charge in [-0.15, -0.1) is 0 Å². The van der Waals surface area contributed by atoms with Crippen molar-refractivity contribution in [1.82, 2.24) is 0 Å². The molecule has 2 unspecified atom stereocenters. The third-order valence-corrected chi connectivity index (χ3v) is 11.4. The third-order valence-electron chi connectivity index (χ3n) is 10.4. The van der Waals surface area contributed by atoms with Crippen molar-refractivity contribution in [2.45, 2.75) is 212 Å². The molecule has 0 saturated heterocycles. The maximum atomic E-state index is 12.7. The number of hydrogen-bond donors (Lipinski definition) is 1. The lowest BCUT2D eigenvalue weighted by Crippen LogP contribution is -2.37. The molecule has 1 N–H and O–H groups in total. The molecule has 0 rings (SSSR count). The van der Waals surface area contributed by atoms with Gasteiger partial charge in [0.15, 0.2) is 6.10 Å². The van der Waals surface area contributed by atoms with Gasteiger partial charge in [0.05, 0.1) is 33.9 Å². The number of carbonyl (C=O) groups is 2. The quantitative estimate of drug-likeness (QED) is 0.0209. The zero-order valence-electron chi connectivity index (χ0n) is 39.7. The second-order valence-corrected chi connectivity index (χ2v) is 19.1. The first kappa shape index (κ1) is 58.9. The summed E-state index contributed by atoms with van der Waals surface area (Å²) in [5.41, 5.74) is 0. The van der Waals surface area contributed by atoms with Crippen LogP contribution in [0.4, 0.5) is 0 Å². The fraction of sp³-hybridized carbons (Fsp3) is 0.800. The summed E-state index contributed by atoms with van der Waals surface area (Å²) in [6.07, 6.45) is 46.4. The number of esters is 2. The topological polar surface area (TPSA) is 131 Å². The molecule has 0 spiro atoms. The van der Waals surface area contributed by atoms with Gasteiger partial charge in [-0.05, 0) is 51.4 Å². The molecular weight excluding hydrogens is 790 g/mol. The Bertz CT molecular complexity index is 1200. The van der Waals surface area contributed by atoms with Crippen LogP contribution in [0.2, 0.25) is 0 Å². The highest BCUT2D eigenvalue weighted by Gasteiger charge is 2.21. The molecule has 11 heteroatoms. The second-order valence-electron chi connectivity index (χ2n) is 17.7. The number of aliphatic hydroxyl groups is 1. The Balaban J connectivity index is 4.37. The van der Waals surface area contributed by atoms with Gasteiger partial charge in [-0.25, -0.2) is 0 Å². The summed E-state index contributed by atoms with van der Waals surface area (Å²) >= 11 is 0. The van der Waals surface area contributed by atoms with Crippen LogP contribution in [0, 0.1) is 0 Å².